The minimum atomic E-state index is -1.61. The molecule has 2 aromatic carbocycles. The Kier molecular flexibility index (Phi) is 6.55. The number of fused-ring (bicyclic) bond motifs is 3. The third-order valence-corrected chi connectivity index (χ3v) is 10.5. The van der Waals surface area contributed by atoms with Crippen LogP contribution < -0.4 is 20.1 Å². The third-order valence-electron chi connectivity index (χ3n) is 9.83. The van der Waals surface area contributed by atoms with Gasteiger partial charge in [0.25, 0.3) is 0 Å². The van der Waals surface area contributed by atoms with Crippen molar-refractivity contribution in [1.82, 2.24) is 0 Å². The number of hydrogen-bond donors (Lipinski definition) is 3. The van der Waals surface area contributed by atoms with Crippen molar-refractivity contribution >= 4 is 52.0 Å². The Labute approximate surface area is 272 Å². The summed E-state index contributed by atoms with van der Waals surface area (Å²) in [6.07, 6.45) is 8.38. The van der Waals surface area contributed by atoms with E-state index in [0.717, 1.165) is 47.4 Å². The van der Waals surface area contributed by atoms with Crippen LogP contribution in [0.25, 0.3) is 11.1 Å². The molecule has 4 aliphatic heterocycles. The second kappa shape index (κ2) is 9.86. The van der Waals surface area contributed by atoms with E-state index in [1.807, 2.05) is 19.1 Å². The normalized spacial score (nSPS) is 23.7. The van der Waals surface area contributed by atoms with Crippen LogP contribution in [0.2, 0.25) is 10.0 Å². The maximum absolute atomic E-state index is 12.9. The maximum atomic E-state index is 12.9. The fourth-order valence-corrected chi connectivity index (χ4v) is 8.77. The average Bonchev–Trinajstić information content (AvgIpc) is 2.93. The number of nitrogens with one attached hydrogen (secondary N) is 2. The van der Waals surface area contributed by atoms with Crippen LogP contribution in [0.5, 0.6) is 5.75 Å². The summed E-state index contributed by atoms with van der Waals surface area (Å²) in [4.78, 5) is 26.3. The van der Waals surface area contributed by atoms with Gasteiger partial charge in [0, 0.05) is 62.7 Å². The van der Waals surface area contributed by atoms with Gasteiger partial charge in [0.05, 0.1) is 33.7 Å². The van der Waals surface area contributed by atoms with E-state index in [0.29, 0.717) is 28.2 Å². The van der Waals surface area contributed by atoms with Crippen LogP contribution in [-0.2, 0) is 0 Å². The van der Waals surface area contributed by atoms with E-state index in [2.05, 4.69) is 58.2 Å². The van der Waals surface area contributed by atoms with Gasteiger partial charge in [-0.15, -0.1) is 0 Å². The highest BCUT2D eigenvalue weighted by Crippen LogP contribution is 2.53. The molecule has 3 N–H and O–H groups in total. The lowest BCUT2D eigenvalue weighted by Gasteiger charge is -2.49. The molecule has 7 rings (SSSR count). The molecule has 0 saturated carbocycles. The number of quaternary nitrogens is 1. The summed E-state index contributed by atoms with van der Waals surface area (Å²) in [5, 5.41) is 25.6. The van der Waals surface area contributed by atoms with Crippen LogP contribution in [-0.4, -0.2) is 40.7 Å². The summed E-state index contributed by atoms with van der Waals surface area (Å²) in [6.45, 7) is 13.9. The predicted octanol–water partition coefficient (Wildman–Crippen LogP) is 5.84. The lowest BCUT2D eigenvalue weighted by molar-refractivity contribution is -0.959. The average molecular weight is 646 g/mol. The Morgan fingerprint density at radius 1 is 1.07 bits per heavy atom. The minimum Gasteiger partial charge on any atom is -0.545 e. The van der Waals surface area contributed by atoms with Crippen molar-refractivity contribution in [2.45, 2.75) is 71.5 Å². The van der Waals surface area contributed by atoms with Crippen molar-refractivity contribution < 1.29 is 29.4 Å². The Balaban J connectivity index is 1.62. The highest BCUT2D eigenvalue weighted by Gasteiger charge is 2.50. The molecule has 2 aromatic rings. The first-order valence-electron chi connectivity index (χ1n) is 15.2. The van der Waals surface area contributed by atoms with Gasteiger partial charge >= 0.3 is 5.97 Å². The summed E-state index contributed by atoms with van der Waals surface area (Å²) >= 11 is 13.4. The molecule has 7 nitrogen and oxygen atoms in total. The Morgan fingerprint density at radius 3 is 2.49 bits per heavy atom. The second-order valence-corrected chi connectivity index (χ2v) is 14.6. The van der Waals surface area contributed by atoms with Gasteiger partial charge in [0.15, 0.2) is 0 Å². The lowest BCUT2D eigenvalue weighted by atomic mass is 9.72. The fourth-order valence-electron chi connectivity index (χ4n) is 8.16. The Bertz CT molecular complexity index is 1940. The molecule has 2 unspecified atom stereocenters. The molecule has 2 atom stereocenters. The van der Waals surface area contributed by atoms with Crippen LogP contribution in [0.15, 0.2) is 64.5 Å². The summed E-state index contributed by atoms with van der Waals surface area (Å²) in [6, 6.07) is 5.25. The van der Waals surface area contributed by atoms with E-state index in [-0.39, 0.29) is 33.3 Å². The van der Waals surface area contributed by atoms with E-state index in [9.17, 15) is 19.8 Å². The van der Waals surface area contributed by atoms with Gasteiger partial charge in [0.1, 0.15) is 23.1 Å². The first-order chi connectivity index (χ1) is 21.1. The van der Waals surface area contributed by atoms with E-state index in [4.69, 9.17) is 27.9 Å². The molecule has 45 heavy (non-hydrogen) atoms. The molecule has 0 amide bonds. The molecule has 4 heterocycles. The molecule has 0 spiro atoms. The molecule has 0 aromatic heterocycles. The summed E-state index contributed by atoms with van der Waals surface area (Å²) < 4.78 is 6.88. The monoisotopic (exact) mass is 644 g/mol. The van der Waals surface area contributed by atoms with Crippen LogP contribution in [0.4, 0.5) is 5.69 Å². The minimum absolute atomic E-state index is 0.0478. The molecule has 0 bridgehead atoms. The zero-order valence-electron chi connectivity index (χ0n) is 26.0. The SMILES string of the molecule is CC1=CC(C)(C)[NH+]2CCCC3=C4Oc5cc6c(cc5C(c5c(Cl)cc(C(=O)[O-])c(Cl)c5C(=O)O)=C4C=C1C32)C(C)=CC(C)(C)N6. The number of anilines is 1. The second-order valence-electron chi connectivity index (χ2n) is 13.8. The highest BCUT2D eigenvalue weighted by atomic mass is 35.5. The van der Waals surface area contributed by atoms with E-state index in [1.54, 1.807) is 0 Å². The van der Waals surface area contributed by atoms with Crippen LogP contribution in [0, 0.1) is 0 Å². The van der Waals surface area contributed by atoms with Crippen molar-refractivity contribution in [3.8, 4) is 5.75 Å². The molecule has 1 aliphatic carbocycles. The Hall–Kier alpha value is -3.78. The number of allylic oxidation sites excluding steroid dienone is 2. The number of carboxylic acid groups (broad SMARTS) is 2. The van der Waals surface area contributed by atoms with E-state index in [1.165, 1.54) is 16.5 Å². The standard InChI is InChI=1S/C36H34Cl2N2O5/c1-16-14-35(3,4)39-25-13-26-21(10-19(16)25)27(28-24(37)12-23(33(41)42)30(38)29(28)34(43)44)22-11-20-17(2)15-36(5,6)40-9-7-8-18(31(20)40)32(22)45-26/h10-15,31,39H,7-9H2,1-6H3,(H,41,42)(H,43,44). The number of carbonyl (C=O) groups is 2. The number of benzene rings is 2. The van der Waals surface area contributed by atoms with Crippen LogP contribution in [0.3, 0.4) is 0 Å². The molecule has 1 saturated heterocycles. The van der Waals surface area contributed by atoms with E-state index >= 15 is 0 Å². The number of ether oxygens (including phenoxy) is 1. The number of piperidine rings is 1. The van der Waals surface area contributed by atoms with Gasteiger partial charge in [-0.1, -0.05) is 29.3 Å². The number of rotatable bonds is 3. The molecule has 0 radical (unpaired) electrons. The molecule has 1 fully saturated rings. The molecule has 9 heteroatoms. The number of aromatic carboxylic acids is 2. The quantitative estimate of drug-likeness (QED) is 0.388. The zero-order chi connectivity index (χ0) is 32.3. The first kappa shape index (κ1) is 29.9. The van der Waals surface area contributed by atoms with Gasteiger partial charge in [-0.25, -0.2) is 4.79 Å². The highest BCUT2D eigenvalue weighted by molar-refractivity contribution is 6.40. The maximum Gasteiger partial charge on any atom is 0.337 e. The summed E-state index contributed by atoms with van der Waals surface area (Å²) in [7, 11) is 0. The van der Waals surface area contributed by atoms with Crippen molar-refractivity contribution in [3.63, 3.8) is 0 Å². The third kappa shape index (κ3) is 4.43. The van der Waals surface area contributed by atoms with Crippen LogP contribution >= 0.6 is 23.2 Å². The molecule has 5 aliphatic rings. The smallest absolute Gasteiger partial charge is 0.337 e. The summed E-state index contributed by atoms with van der Waals surface area (Å²) in [5.74, 6) is -1.74. The Morgan fingerprint density at radius 2 is 1.80 bits per heavy atom. The van der Waals surface area contributed by atoms with Crippen molar-refractivity contribution in [2.24, 2.45) is 0 Å². The van der Waals surface area contributed by atoms with Crippen molar-refractivity contribution in [2.75, 3.05) is 11.9 Å². The first-order valence-corrected chi connectivity index (χ1v) is 15.9. The summed E-state index contributed by atoms with van der Waals surface area (Å²) in [5.41, 5.74) is 7.22. The van der Waals surface area contributed by atoms with Gasteiger partial charge in [-0.3, -0.25) is 0 Å². The largest absolute Gasteiger partial charge is 0.545 e. The number of halogens is 2. The van der Waals surface area contributed by atoms with Crippen molar-refractivity contribution in [3.05, 3.63) is 102 Å². The number of carboxylic acids is 2. The lowest BCUT2D eigenvalue weighted by Crippen LogP contribution is -3.24. The van der Waals surface area contributed by atoms with Crippen molar-refractivity contribution in [1.29, 1.82) is 0 Å². The fraction of sp³-hybridized carbons (Fsp3) is 0.333. The zero-order valence-corrected chi connectivity index (χ0v) is 27.5. The van der Waals surface area contributed by atoms with Gasteiger partial charge in [-0.2, -0.15) is 0 Å². The van der Waals surface area contributed by atoms with Gasteiger partial charge in [-0.05, 0) is 83.4 Å². The van der Waals surface area contributed by atoms with E-state index < -0.39 is 22.5 Å². The molecular formula is C36H34Cl2N2O5. The predicted molar refractivity (Wildman–Crippen MR) is 174 cm³/mol. The number of hydrogen-bond acceptors (Lipinski definition) is 5. The van der Waals surface area contributed by atoms with Gasteiger partial charge < -0.3 is 30.0 Å². The molecule has 232 valence electrons. The van der Waals surface area contributed by atoms with Crippen LogP contribution in [0.1, 0.15) is 91.8 Å². The number of carbonyl (C=O) groups excluding carboxylic acids is 1. The molecular weight excluding hydrogens is 611 g/mol. The van der Waals surface area contributed by atoms with Gasteiger partial charge in [0.2, 0.25) is 0 Å². The topological polar surface area (TPSA) is 103 Å².